The molecule has 0 aliphatic heterocycles. The van der Waals surface area contributed by atoms with Crippen LogP contribution in [0.1, 0.15) is 36.7 Å². The maximum atomic E-state index is 12.0. The number of phenolic OH excluding ortho intramolecular Hbond substituents is 1. The number of carbonyl (C=O) groups is 2. The smallest absolute Gasteiger partial charge is 0.271 e. The molecule has 2 amide bonds. The van der Waals surface area contributed by atoms with E-state index in [1.807, 2.05) is 26.0 Å². The average Bonchev–Trinajstić information content (AvgIpc) is 2.72. The van der Waals surface area contributed by atoms with Gasteiger partial charge in [0, 0.05) is 18.7 Å². The highest BCUT2D eigenvalue weighted by molar-refractivity contribution is 6.00. The van der Waals surface area contributed by atoms with Crippen LogP contribution in [-0.2, 0) is 4.79 Å². The third-order valence-corrected chi connectivity index (χ3v) is 4.21. The van der Waals surface area contributed by atoms with E-state index < -0.39 is 0 Å². The Morgan fingerprint density at radius 1 is 1.00 bits per heavy atom. The summed E-state index contributed by atoms with van der Waals surface area (Å²) in [6, 6.07) is 13.0. The number of hydrogen-bond donors (Lipinski definition) is 2. The predicted octanol–water partition coefficient (Wildman–Crippen LogP) is 2.79. The van der Waals surface area contributed by atoms with Crippen LogP contribution in [0.25, 0.3) is 0 Å². The maximum Gasteiger partial charge on any atom is 0.271 e. The average molecular weight is 383 g/mol. The van der Waals surface area contributed by atoms with Crippen LogP contribution in [-0.4, -0.2) is 47.2 Å². The van der Waals surface area contributed by atoms with Gasteiger partial charge in [-0.2, -0.15) is 5.10 Å². The van der Waals surface area contributed by atoms with Gasteiger partial charge in [-0.25, -0.2) is 5.43 Å². The molecule has 0 aromatic heterocycles. The van der Waals surface area contributed by atoms with E-state index in [1.54, 1.807) is 24.0 Å². The number of aromatic hydroxyl groups is 1. The van der Waals surface area contributed by atoms with Gasteiger partial charge in [-0.15, -0.1) is 0 Å². The second kappa shape index (κ2) is 10.1. The van der Waals surface area contributed by atoms with Crippen molar-refractivity contribution in [1.82, 2.24) is 10.3 Å². The van der Waals surface area contributed by atoms with Crippen LogP contribution in [0.4, 0.5) is 0 Å². The molecule has 28 heavy (non-hydrogen) atoms. The Bertz CT molecular complexity index is 826. The van der Waals surface area contributed by atoms with Crippen molar-refractivity contribution in [2.45, 2.75) is 20.8 Å². The number of nitrogens with zero attached hydrogens (tertiary/aromatic N) is 2. The van der Waals surface area contributed by atoms with E-state index >= 15 is 0 Å². The minimum Gasteiger partial charge on any atom is -0.508 e. The number of hydrazone groups is 1. The van der Waals surface area contributed by atoms with Crippen molar-refractivity contribution in [2.24, 2.45) is 5.10 Å². The SMILES string of the molecule is CCN(CC)C(=O)COc1ccc(/C(C)=N\NC(=O)c2ccc(O)cc2)cc1. The molecule has 0 atom stereocenters. The summed E-state index contributed by atoms with van der Waals surface area (Å²) in [7, 11) is 0. The summed E-state index contributed by atoms with van der Waals surface area (Å²) >= 11 is 0. The first-order valence-corrected chi connectivity index (χ1v) is 9.09. The molecule has 0 aliphatic carbocycles. The van der Waals surface area contributed by atoms with Crippen LogP contribution in [0.15, 0.2) is 53.6 Å². The second-order valence-corrected chi connectivity index (χ2v) is 6.06. The van der Waals surface area contributed by atoms with Gasteiger partial charge in [-0.05, 0) is 74.9 Å². The lowest BCUT2D eigenvalue weighted by Gasteiger charge is -2.18. The number of hydrogen-bond acceptors (Lipinski definition) is 5. The van der Waals surface area contributed by atoms with Gasteiger partial charge in [0.15, 0.2) is 6.61 Å². The predicted molar refractivity (Wildman–Crippen MR) is 108 cm³/mol. The number of nitrogens with one attached hydrogen (secondary N) is 1. The van der Waals surface area contributed by atoms with E-state index in [2.05, 4.69) is 10.5 Å². The summed E-state index contributed by atoms with van der Waals surface area (Å²) in [6.45, 7) is 6.94. The number of rotatable bonds is 8. The number of phenols is 1. The highest BCUT2D eigenvalue weighted by Gasteiger charge is 2.10. The third-order valence-electron chi connectivity index (χ3n) is 4.21. The highest BCUT2D eigenvalue weighted by atomic mass is 16.5. The topological polar surface area (TPSA) is 91.2 Å². The van der Waals surface area contributed by atoms with Crippen LogP contribution >= 0.6 is 0 Å². The molecule has 7 heteroatoms. The Balaban J connectivity index is 1.92. The molecule has 0 fully saturated rings. The monoisotopic (exact) mass is 383 g/mol. The first-order valence-electron chi connectivity index (χ1n) is 9.09. The fraction of sp³-hybridized carbons (Fsp3) is 0.286. The van der Waals surface area contributed by atoms with Crippen LogP contribution in [0.3, 0.4) is 0 Å². The molecule has 2 aromatic carbocycles. The first-order chi connectivity index (χ1) is 13.4. The zero-order valence-electron chi connectivity index (χ0n) is 16.3. The fourth-order valence-electron chi connectivity index (χ4n) is 2.48. The fourth-order valence-corrected chi connectivity index (χ4v) is 2.48. The number of benzene rings is 2. The van der Waals surface area contributed by atoms with E-state index in [-0.39, 0.29) is 24.2 Å². The molecule has 0 spiro atoms. The zero-order valence-corrected chi connectivity index (χ0v) is 16.3. The lowest BCUT2D eigenvalue weighted by Crippen LogP contribution is -2.34. The van der Waals surface area contributed by atoms with E-state index in [0.29, 0.717) is 30.1 Å². The molecule has 0 aliphatic rings. The second-order valence-electron chi connectivity index (χ2n) is 6.06. The lowest BCUT2D eigenvalue weighted by atomic mass is 10.1. The Labute approximate surface area is 164 Å². The van der Waals surface area contributed by atoms with Gasteiger partial charge in [-0.3, -0.25) is 9.59 Å². The first kappa shape index (κ1) is 21.0. The molecule has 0 heterocycles. The third kappa shape index (κ3) is 5.84. The molecule has 2 aromatic rings. The summed E-state index contributed by atoms with van der Waals surface area (Å²) in [5.41, 5.74) is 4.32. The minimum absolute atomic E-state index is 0.00319. The number of likely N-dealkylation sites (N-methyl/N-ethyl adjacent to an activating group) is 1. The van der Waals surface area contributed by atoms with Gasteiger partial charge in [-0.1, -0.05) is 0 Å². The number of carbonyl (C=O) groups excluding carboxylic acids is 2. The van der Waals surface area contributed by atoms with Crippen molar-refractivity contribution in [3.63, 3.8) is 0 Å². The van der Waals surface area contributed by atoms with Crippen LogP contribution in [0, 0.1) is 0 Å². The summed E-state index contributed by atoms with van der Waals surface area (Å²) in [6.07, 6.45) is 0. The quantitative estimate of drug-likeness (QED) is 0.542. The van der Waals surface area contributed by atoms with Crippen LogP contribution < -0.4 is 10.2 Å². The summed E-state index contributed by atoms with van der Waals surface area (Å²) in [5, 5.41) is 13.4. The molecular formula is C21H25N3O4. The molecular weight excluding hydrogens is 358 g/mol. The molecule has 148 valence electrons. The van der Waals surface area contributed by atoms with Crippen LogP contribution in [0.5, 0.6) is 11.5 Å². The Morgan fingerprint density at radius 2 is 1.57 bits per heavy atom. The van der Waals surface area contributed by atoms with Crippen molar-refractivity contribution in [3.8, 4) is 11.5 Å². The normalized spacial score (nSPS) is 11.0. The number of ether oxygens (including phenoxy) is 1. The van der Waals surface area contributed by atoms with Crippen molar-refractivity contribution >= 4 is 17.5 Å². The summed E-state index contributed by atoms with van der Waals surface area (Å²) < 4.78 is 5.53. The number of amides is 2. The Hall–Kier alpha value is -3.35. The zero-order chi connectivity index (χ0) is 20.5. The van der Waals surface area contributed by atoms with E-state index in [9.17, 15) is 14.7 Å². The van der Waals surface area contributed by atoms with Crippen LogP contribution in [0.2, 0.25) is 0 Å². The molecule has 0 saturated heterocycles. The van der Waals surface area contributed by atoms with Gasteiger partial charge in [0.25, 0.3) is 11.8 Å². The highest BCUT2D eigenvalue weighted by Crippen LogP contribution is 2.13. The van der Waals surface area contributed by atoms with Crippen molar-refractivity contribution in [2.75, 3.05) is 19.7 Å². The largest absolute Gasteiger partial charge is 0.508 e. The van der Waals surface area contributed by atoms with E-state index in [4.69, 9.17) is 4.74 Å². The van der Waals surface area contributed by atoms with Gasteiger partial charge < -0.3 is 14.7 Å². The molecule has 2 rings (SSSR count). The van der Waals surface area contributed by atoms with Gasteiger partial charge >= 0.3 is 0 Å². The standard InChI is InChI=1S/C21H25N3O4/c1-4-24(5-2)20(26)14-28-19-12-8-16(9-13-19)15(3)22-23-21(27)17-6-10-18(25)11-7-17/h6-13,25H,4-5,14H2,1-3H3,(H,23,27)/b22-15-. The Morgan fingerprint density at radius 3 is 2.14 bits per heavy atom. The van der Waals surface area contributed by atoms with Gasteiger partial charge in [0.05, 0.1) is 5.71 Å². The summed E-state index contributed by atoms with van der Waals surface area (Å²) in [5.74, 6) is 0.264. The van der Waals surface area contributed by atoms with Crippen molar-refractivity contribution in [1.29, 1.82) is 0 Å². The Kier molecular flexibility index (Phi) is 7.56. The van der Waals surface area contributed by atoms with Gasteiger partial charge in [0.1, 0.15) is 11.5 Å². The molecule has 0 radical (unpaired) electrons. The van der Waals surface area contributed by atoms with Crippen molar-refractivity contribution < 1.29 is 19.4 Å². The molecule has 0 bridgehead atoms. The van der Waals surface area contributed by atoms with E-state index in [1.165, 1.54) is 24.3 Å². The maximum absolute atomic E-state index is 12.0. The minimum atomic E-state index is -0.366. The van der Waals surface area contributed by atoms with Gasteiger partial charge in [0.2, 0.25) is 0 Å². The lowest BCUT2D eigenvalue weighted by molar-refractivity contribution is -0.132. The van der Waals surface area contributed by atoms with Crippen molar-refractivity contribution in [3.05, 3.63) is 59.7 Å². The molecule has 2 N–H and O–H groups in total. The molecule has 7 nitrogen and oxygen atoms in total. The van der Waals surface area contributed by atoms with E-state index in [0.717, 1.165) is 5.56 Å². The molecule has 0 unspecified atom stereocenters. The molecule has 0 saturated carbocycles. The summed E-state index contributed by atoms with van der Waals surface area (Å²) in [4.78, 5) is 25.7.